The van der Waals surface area contributed by atoms with Gasteiger partial charge in [-0.05, 0) is 42.5 Å². The zero-order valence-corrected chi connectivity index (χ0v) is 9.70. The van der Waals surface area contributed by atoms with Crippen LogP contribution in [0.5, 0.6) is 0 Å². The molecule has 1 rings (SSSR count). The van der Waals surface area contributed by atoms with Crippen LogP contribution in [0.1, 0.15) is 13.8 Å². The smallest absolute Gasteiger partial charge is 0.123 e. The van der Waals surface area contributed by atoms with Crippen molar-refractivity contribution in [3.05, 3.63) is 16.0 Å². The molecule has 0 bridgehead atoms. The van der Waals surface area contributed by atoms with Gasteiger partial charge in [-0.2, -0.15) is 5.10 Å². The summed E-state index contributed by atoms with van der Waals surface area (Å²) in [5, 5.41) is 4.27. The lowest BCUT2D eigenvalue weighted by molar-refractivity contribution is 0.00534. The third kappa shape index (κ3) is 2.75. The maximum absolute atomic E-state index is 5.29. The quantitative estimate of drug-likeness (QED) is 0.791. The molecule has 0 unspecified atom stereocenters. The average Bonchev–Trinajstić information content (AvgIpc) is 2.35. The molecule has 0 aliphatic rings. The lowest BCUT2D eigenvalue weighted by atomic mass is 10.1. The van der Waals surface area contributed by atoms with Crippen molar-refractivity contribution in [2.75, 3.05) is 7.11 Å². The molecular formula is C8H13IN2O. The average molecular weight is 280 g/mol. The summed E-state index contributed by atoms with van der Waals surface area (Å²) in [4.78, 5) is 0. The van der Waals surface area contributed by atoms with Gasteiger partial charge in [-0.1, -0.05) is 0 Å². The lowest BCUT2D eigenvalue weighted by Crippen LogP contribution is -2.29. The monoisotopic (exact) mass is 280 g/mol. The van der Waals surface area contributed by atoms with Crippen LogP contribution in [-0.2, 0) is 11.3 Å². The Kier molecular flexibility index (Phi) is 3.11. The first-order valence-electron chi connectivity index (χ1n) is 3.77. The van der Waals surface area contributed by atoms with Crippen molar-refractivity contribution in [1.29, 1.82) is 0 Å². The number of ether oxygens (including phenoxy) is 1. The summed E-state index contributed by atoms with van der Waals surface area (Å²) in [5.41, 5.74) is -0.144. The topological polar surface area (TPSA) is 27.1 Å². The summed E-state index contributed by atoms with van der Waals surface area (Å²) in [6, 6.07) is 1.98. The minimum Gasteiger partial charge on any atom is -0.377 e. The molecule has 0 amide bonds. The van der Waals surface area contributed by atoms with E-state index >= 15 is 0 Å². The number of halogens is 1. The molecule has 0 aromatic carbocycles. The van der Waals surface area contributed by atoms with E-state index in [-0.39, 0.29) is 5.60 Å². The van der Waals surface area contributed by atoms with E-state index in [9.17, 15) is 0 Å². The SMILES string of the molecule is COC(C)(C)Cn1ccc(I)n1. The van der Waals surface area contributed by atoms with Crippen LogP contribution in [0.2, 0.25) is 0 Å². The summed E-state index contributed by atoms with van der Waals surface area (Å²) < 4.78 is 8.20. The van der Waals surface area contributed by atoms with E-state index < -0.39 is 0 Å². The van der Waals surface area contributed by atoms with E-state index in [0.29, 0.717) is 0 Å². The first-order chi connectivity index (χ1) is 5.53. The van der Waals surface area contributed by atoms with Gasteiger partial charge in [-0.25, -0.2) is 0 Å². The highest BCUT2D eigenvalue weighted by molar-refractivity contribution is 14.1. The van der Waals surface area contributed by atoms with Gasteiger partial charge in [0.1, 0.15) is 3.70 Å². The fourth-order valence-corrected chi connectivity index (χ4v) is 1.32. The molecular weight excluding hydrogens is 267 g/mol. The Bertz CT molecular complexity index is 257. The van der Waals surface area contributed by atoms with Crippen molar-refractivity contribution in [3.8, 4) is 0 Å². The Morgan fingerprint density at radius 2 is 2.33 bits per heavy atom. The van der Waals surface area contributed by atoms with Gasteiger partial charge in [-0.15, -0.1) is 0 Å². The second kappa shape index (κ2) is 3.74. The maximum atomic E-state index is 5.29. The predicted octanol–water partition coefficient (Wildman–Crippen LogP) is 1.91. The Labute approximate surface area is 86.2 Å². The highest BCUT2D eigenvalue weighted by Crippen LogP contribution is 2.11. The highest BCUT2D eigenvalue weighted by Gasteiger charge is 2.17. The van der Waals surface area contributed by atoms with Crippen LogP contribution >= 0.6 is 22.6 Å². The number of aromatic nitrogens is 2. The summed E-state index contributed by atoms with van der Waals surface area (Å²) in [7, 11) is 1.72. The second-order valence-corrected chi connectivity index (χ2v) is 4.41. The number of nitrogens with zero attached hydrogens (tertiary/aromatic N) is 2. The molecule has 4 heteroatoms. The molecule has 0 spiro atoms. The molecule has 1 heterocycles. The zero-order chi connectivity index (χ0) is 9.19. The Balaban J connectivity index is 2.63. The molecule has 1 aromatic rings. The summed E-state index contributed by atoms with van der Waals surface area (Å²) in [5.74, 6) is 0. The Morgan fingerprint density at radius 3 is 2.75 bits per heavy atom. The van der Waals surface area contributed by atoms with Crippen LogP contribution in [0, 0.1) is 3.70 Å². The van der Waals surface area contributed by atoms with E-state index in [1.54, 1.807) is 7.11 Å². The molecule has 0 fully saturated rings. The van der Waals surface area contributed by atoms with Crippen LogP contribution in [0.3, 0.4) is 0 Å². The van der Waals surface area contributed by atoms with Gasteiger partial charge in [0.05, 0.1) is 12.1 Å². The molecule has 0 aliphatic heterocycles. The molecule has 68 valence electrons. The van der Waals surface area contributed by atoms with Crippen LogP contribution in [0.15, 0.2) is 12.3 Å². The standard InChI is InChI=1S/C8H13IN2O/c1-8(2,12-3)6-11-5-4-7(9)10-11/h4-5H,6H2,1-3H3. The molecule has 1 aromatic heterocycles. The number of hydrogen-bond acceptors (Lipinski definition) is 2. The Hall–Kier alpha value is -0.100. The van der Waals surface area contributed by atoms with E-state index in [2.05, 4.69) is 27.7 Å². The fraction of sp³-hybridized carbons (Fsp3) is 0.625. The first-order valence-corrected chi connectivity index (χ1v) is 4.85. The Morgan fingerprint density at radius 1 is 1.67 bits per heavy atom. The van der Waals surface area contributed by atoms with E-state index in [4.69, 9.17) is 4.74 Å². The maximum Gasteiger partial charge on any atom is 0.123 e. The highest BCUT2D eigenvalue weighted by atomic mass is 127. The van der Waals surface area contributed by atoms with Gasteiger partial charge >= 0.3 is 0 Å². The normalized spacial score (nSPS) is 12.0. The number of methoxy groups -OCH3 is 1. The van der Waals surface area contributed by atoms with Gasteiger partial charge in [0.15, 0.2) is 0 Å². The van der Waals surface area contributed by atoms with Crippen molar-refractivity contribution in [2.24, 2.45) is 0 Å². The van der Waals surface area contributed by atoms with Gasteiger partial charge in [-0.3, -0.25) is 4.68 Å². The van der Waals surface area contributed by atoms with E-state index in [1.807, 2.05) is 30.8 Å². The van der Waals surface area contributed by atoms with Crippen molar-refractivity contribution in [2.45, 2.75) is 26.0 Å². The summed E-state index contributed by atoms with van der Waals surface area (Å²) >= 11 is 2.19. The van der Waals surface area contributed by atoms with Crippen LogP contribution < -0.4 is 0 Å². The predicted molar refractivity (Wildman–Crippen MR) is 56.0 cm³/mol. The van der Waals surface area contributed by atoms with Crippen molar-refractivity contribution in [1.82, 2.24) is 9.78 Å². The van der Waals surface area contributed by atoms with E-state index in [1.165, 1.54) is 0 Å². The molecule has 0 N–H and O–H groups in total. The molecule has 0 saturated carbocycles. The van der Waals surface area contributed by atoms with Crippen LogP contribution in [0.25, 0.3) is 0 Å². The number of hydrogen-bond donors (Lipinski definition) is 0. The molecule has 12 heavy (non-hydrogen) atoms. The van der Waals surface area contributed by atoms with Crippen LogP contribution in [-0.4, -0.2) is 22.5 Å². The fourth-order valence-electron chi connectivity index (χ4n) is 0.880. The van der Waals surface area contributed by atoms with Crippen molar-refractivity contribution in [3.63, 3.8) is 0 Å². The minimum atomic E-state index is -0.144. The molecule has 0 atom stereocenters. The zero-order valence-electron chi connectivity index (χ0n) is 7.54. The number of rotatable bonds is 3. The van der Waals surface area contributed by atoms with Crippen molar-refractivity contribution < 1.29 is 4.74 Å². The molecule has 3 nitrogen and oxygen atoms in total. The molecule has 0 radical (unpaired) electrons. The van der Waals surface area contributed by atoms with Gasteiger partial charge in [0, 0.05) is 13.3 Å². The van der Waals surface area contributed by atoms with Crippen molar-refractivity contribution >= 4 is 22.6 Å². The summed E-state index contributed by atoms with van der Waals surface area (Å²) in [6.07, 6.45) is 1.96. The molecule has 0 aliphatic carbocycles. The largest absolute Gasteiger partial charge is 0.377 e. The first kappa shape index (κ1) is 9.98. The van der Waals surface area contributed by atoms with E-state index in [0.717, 1.165) is 10.2 Å². The van der Waals surface area contributed by atoms with Gasteiger partial charge in [0.25, 0.3) is 0 Å². The molecule has 0 saturated heterocycles. The lowest BCUT2D eigenvalue weighted by Gasteiger charge is -2.22. The minimum absolute atomic E-state index is 0.144. The third-order valence-corrected chi connectivity index (χ3v) is 2.28. The third-order valence-electron chi connectivity index (χ3n) is 1.70. The summed E-state index contributed by atoms with van der Waals surface area (Å²) in [6.45, 7) is 4.87. The van der Waals surface area contributed by atoms with Gasteiger partial charge in [0.2, 0.25) is 0 Å². The van der Waals surface area contributed by atoms with Gasteiger partial charge < -0.3 is 4.74 Å². The van der Waals surface area contributed by atoms with Crippen LogP contribution in [0.4, 0.5) is 0 Å². The second-order valence-electron chi connectivity index (χ2n) is 3.30.